The number of carbonyl (C=O) groups is 7. The number of halogens is 1. The monoisotopic (exact) mass is 934 g/mol. The molecule has 0 fully saturated rings. The minimum atomic E-state index is -1.43. The number of amides is 6. The summed E-state index contributed by atoms with van der Waals surface area (Å²) >= 11 is 0. The number of ether oxygens (including phenoxy) is 3. The zero-order chi connectivity index (χ0) is 49.0. The minimum Gasteiger partial charge on any atom is -0.381 e. The molecular formula is C46H59FN8O12. The lowest BCUT2D eigenvalue weighted by atomic mass is 9.85. The number of aldehydes is 1. The van der Waals surface area contributed by atoms with Gasteiger partial charge >= 0.3 is 0 Å². The fraction of sp³-hybridized carbons (Fsp3) is 0.500. The van der Waals surface area contributed by atoms with Crippen LogP contribution < -0.4 is 37.9 Å². The molecule has 0 saturated heterocycles. The van der Waals surface area contributed by atoms with Crippen LogP contribution in [0, 0.1) is 24.6 Å². The van der Waals surface area contributed by atoms with E-state index in [0.29, 0.717) is 35.3 Å². The van der Waals surface area contributed by atoms with E-state index >= 15 is 0 Å². The first-order valence-corrected chi connectivity index (χ1v) is 22.0. The first-order chi connectivity index (χ1) is 32.2. The van der Waals surface area contributed by atoms with E-state index < -0.39 is 54.6 Å². The van der Waals surface area contributed by atoms with Gasteiger partial charge in [0.15, 0.2) is 6.29 Å². The molecule has 3 aromatic rings. The van der Waals surface area contributed by atoms with E-state index in [1.54, 1.807) is 17.6 Å². The standard InChI is InChI=1S/C23H21FN2O4.C21H32N6O8.C2H6/c1-11-12-4-3-5-13-15-8-26-19(22(15)25-18(21(12)13)7-17(11)24)6-14(20(28)9-27)16(10-30-2)23(26)29;22-16(28)12-34-14-27-20(32)11-25-18(30)9-23-17(29)8-24-19(31)10-26-21(33)13-35-15-6-4-2-1-3-5-7-15;1-2/h6-7,9,20,28H,3-5,8,10H2,1-2H3;15H,1-4,6,8-14H2,(H2,22,28)(H,23,29)(H,24,31)(H,25,30)(H,26,33)(H,27,32);1-2H3. The number of nitrogens with one attached hydrogen (secondary N) is 5. The van der Waals surface area contributed by atoms with Crippen LogP contribution in [0.4, 0.5) is 4.39 Å². The fourth-order valence-electron chi connectivity index (χ4n) is 7.53. The zero-order valence-corrected chi connectivity index (χ0v) is 38.2. The number of rotatable bonds is 19. The topological polar surface area (TPSA) is 288 Å². The second-order valence-corrected chi connectivity index (χ2v) is 15.4. The van der Waals surface area contributed by atoms with Crippen molar-refractivity contribution in [1.82, 2.24) is 36.1 Å². The summed E-state index contributed by atoms with van der Waals surface area (Å²) in [4.78, 5) is 98.1. The van der Waals surface area contributed by atoms with Crippen molar-refractivity contribution < 1.29 is 57.3 Å². The lowest BCUT2D eigenvalue weighted by molar-refractivity contribution is -0.130. The predicted molar refractivity (Wildman–Crippen MR) is 241 cm³/mol. The maximum Gasteiger partial charge on any atom is 0.257 e. The number of nitrogens with zero attached hydrogens (tertiary/aromatic N) is 2. The van der Waals surface area contributed by atoms with Gasteiger partial charge in [-0.2, -0.15) is 0 Å². The summed E-state index contributed by atoms with van der Waals surface area (Å²) in [6, 6.07) is 3.10. The number of hydrogen-bond acceptors (Lipinski definition) is 13. The Bertz CT molecular complexity index is 2450. The number of aromatic nitrogens is 2. The van der Waals surface area contributed by atoms with Gasteiger partial charge in [0.2, 0.25) is 35.4 Å². The number of methoxy groups -OCH3 is 1. The van der Waals surface area contributed by atoms with E-state index in [0.717, 1.165) is 73.4 Å². The quantitative estimate of drug-likeness (QED) is 0.0286. The molecule has 67 heavy (non-hydrogen) atoms. The predicted octanol–water partition coefficient (Wildman–Crippen LogP) is 0.146. The molecule has 2 unspecified atom stereocenters. The average molecular weight is 935 g/mol. The molecule has 1 aliphatic heterocycles. The van der Waals surface area contributed by atoms with E-state index in [1.807, 2.05) is 13.8 Å². The van der Waals surface area contributed by atoms with E-state index in [2.05, 4.69) is 38.4 Å². The average Bonchev–Trinajstić information content (AvgIpc) is 3.69. The minimum absolute atomic E-state index is 0.00743. The maximum absolute atomic E-state index is 14.5. The highest BCUT2D eigenvalue weighted by molar-refractivity contribution is 5.93. The summed E-state index contributed by atoms with van der Waals surface area (Å²) in [7, 11) is 1.46. The number of fused-ring (bicyclic) bond motifs is 4. The van der Waals surface area contributed by atoms with Crippen LogP contribution in [-0.4, -0.2) is 116 Å². The number of carbonyl (C=O) groups excluding carboxylic acids is 7. The third kappa shape index (κ3) is 15.0. The van der Waals surface area contributed by atoms with Crippen LogP contribution in [0.5, 0.6) is 0 Å². The highest BCUT2D eigenvalue weighted by Gasteiger charge is 2.31. The highest BCUT2D eigenvalue weighted by atomic mass is 19.1. The summed E-state index contributed by atoms with van der Waals surface area (Å²) in [6.45, 7) is 3.79. The van der Waals surface area contributed by atoms with Crippen molar-refractivity contribution in [3.8, 4) is 23.2 Å². The Morgan fingerprint density at radius 2 is 1.52 bits per heavy atom. The molecule has 2 aromatic heterocycles. The molecule has 0 spiro atoms. The lowest BCUT2D eigenvalue weighted by Gasteiger charge is -2.21. The number of aliphatic hydroxyl groups is 1. The van der Waals surface area contributed by atoms with Gasteiger partial charge in [0, 0.05) is 41.7 Å². The third-order valence-corrected chi connectivity index (χ3v) is 10.7. The summed E-state index contributed by atoms with van der Waals surface area (Å²) in [5.74, 6) is 2.09. The Morgan fingerprint density at radius 1 is 0.896 bits per heavy atom. The summed E-state index contributed by atoms with van der Waals surface area (Å²) in [6.07, 6.45) is 5.94. The van der Waals surface area contributed by atoms with Gasteiger partial charge in [-0.05, 0) is 68.2 Å². The number of benzene rings is 1. The van der Waals surface area contributed by atoms with Crippen LogP contribution in [0.1, 0.15) is 91.9 Å². The van der Waals surface area contributed by atoms with Gasteiger partial charge in [-0.15, -0.1) is 5.92 Å². The van der Waals surface area contributed by atoms with Gasteiger partial charge in [0.05, 0.1) is 56.2 Å². The van der Waals surface area contributed by atoms with Crippen LogP contribution in [0.15, 0.2) is 16.9 Å². The molecule has 6 rings (SSSR count). The molecule has 3 heterocycles. The molecule has 0 bridgehead atoms. The van der Waals surface area contributed by atoms with Crippen LogP contribution >= 0.6 is 0 Å². The van der Waals surface area contributed by atoms with Crippen molar-refractivity contribution in [3.05, 3.63) is 61.7 Å². The molecule has 0 saturated carbocycles. The number of nitrogens with two attached hydrogens (primary N) is 1. The molecule has 2 aliphatic carbocycles. The summed E-state index contributed by atoms with van der Waals surface area (Å²) in [5.41, 5.74) is 10.5. The van der Waals surface area contributed by atoms with Crippen molar-refractivity contribution in [3.63, 3.8) is 0 Å². The van der Waals surface area contributed by atoms with Gasteiger partial charge in [-0.1, -0.05) is 26.2 Å². The van der Waals surface area contributed by atoms with Crippen LogP contribution in [0.25, 0.3) is 22.3 Å². The number of aliphatic hydroxyl groups excluding tert-OH is 1. The second kappa shape index (κ2) is 26.5. The van der Waals surface area contributed by atoms with Gasteiger partial charge < -0.3 is 61.0 Å². The van der Waals surface area contributed by atoms with E-state index in [-0.39, 0.29) is 68.2 Å². The molecule has 20 nitrogen and oxygen atoms in total. The Morgan fingerprint density at radius 3 is 2.15 bits per heavy atom. The van der Waals surface area contributed by atoms with Crippen molar-refractivity contribution in [2.45, 2.75) is 97.5 Å². The normalized spacial score (nSPS) is 14.6. The van der Waals surface area contributed by atoms with Gasteiger partial charge in [-0.25, -0.2) is 9.37 Å². The Balaban J connectivity index is 0.000000284. The van der Waals surface area contributed by atoms with E-state index in [4.69, 9.17) is 24.9 Å². The zero-order valence-electron chi connectivity index (χ0n) is 38.2. The molecule has 6 amide bonds. The lowest BCUT2D eigenvalue weighted by Crippen LogP contribution is -2.46. The molecule has 2 atom stereocenters. The highest BCUT2D eigenvalue weighted by Crippen LogP contribution is 2.41. The molecule has 1 aromatic carbocycles. The van der Waals surface area contributed by atoms with Gasteiger partial charge in [0.25, 0.3) is 5.56 Å². The second-order valence-electron chi connectivity index (χ2n) is 15.4. The van der Waals surface area contributed by atoms with E-state index in [9.17, 15) is 47.9 Å². The molecular weight excluding hydrogens is 876 g/mol. The Labute approximate surface area is 386 Å². The van der Waals surface area contributed by atoms with Crippen molar-refractivity contribution in [2.75, 3.05) is 53.2 Å². The van der Waals surface area contributed by atoms with Gasteiger partial charge in [-0.3, -0.25) is 33.6 Å². The van der Waals surface area contributed by atoms with Crippen molar-refractivity contribution in [1.29, 1.82) is 0 Å². The molecule has 21 heteroatoms. The first kappa shape index (κ1) is 53.0. The number of primary amides is 1. The number of hydrogen-bond donors (Lipinski definition) is 7. The Hall–Kier alpha value is -6.60. The van der Waals surface area contributed by atoms with Crippen LogP contribution in [0.2, 0.25) is 0 Å². The van der Waals surface area contributed by atoms with Crippen molar-refractivity contribution >= 4 is 52.6 Å². The summed E-state index contributed by atoms with van der Waals surface area (Å²) < 4.78 is 31.5. The molecule has 8 N–H and O–H groups in total. The van der Waals surface area contributed by atoms with Gasteiger partial charge in [0.1, 0.15) is 38.0 Å². The molecule has 3 aliphatic rings. The van der Waals surface area contributed by atoms with Crippen LogP contribution in [0.3, 0.4) is 0 Å². The SMILES string of the molecule is CC.COCc1c(C(O)C=O)cc2n(c1=O)Cc1c-2nc2cc(F)c(C)c3c2c1CCC3.NC(=O)COCNC(=O)CNC(=O)CNC(=O)CNC(=O)CNC(=O)COC1C#CCCCCC1. The largest absolute Gasteiger partial charge is 0.381 e. The van der Waals surface area contributed by atoms with E-state index in [1.165, 1.54) is 13.2 Å². The first-order valence-electron chi connectivity index (χ1n) is 22.0. The number of pyridine rings is 2. The smallest absolute Gasteiger partial charge is 0.257 e. The molecule has 0 radical (unpaired) electrons. The molecule has 362 valence electrons. The van der Waals surface area contributed by atoms with Crippen molar-refractivity contribution in [2.24, 2.45) is 5.73 Å². The summed E-state index contributed by atoms with van der Waals surface area (Å²) in [5, 5.41) is 22.7. The van der Waals surface area contributed by atoms with Crippen LogP contribution in [-0.2, 0) is 73.8 Å². The maximum atomic E-state index is 14.5. The Kier molecular flexibility index (Phi) is 21.0. The third-order valence-electron chi connectivity index (χ3n) is 10.7. The number of aryl methyl sites for hydroxylation is 2. The fourth-order valence-corrected chi connectivity index (χ4v) is 7.53.